The highest BCUT2D eigenvalue weighted by Crippen LogP contribution is 2.20. The molecule has 0 aromatic heterocycles. The Bertz CT molecular complexity index is 868. The fourth-order valence-corrected chi connectivity index (χ4v) is 3.71. The Hall–Kier alpha value is -2.06. The number of benzene rings is 2. The van der Waals surface area contributed by atoms with Gasteiger partial charge in [-0.05, 0) is 48.4 Å². The van der Waals surface area contributed by atoms with Crippen molar-refractivity contribution in [1.29, 1.82) is 0 Å². The van der Waals surface area contributed by atoms with Gasteiger partial charge in [0.2, 0.25) is 15.9 Å². The molecule has 0 aliphatic rings. The standard InChI is InChI=1S/C20H25BrN2O4S/c1-3-4-16-5-11-19(12-6-16)27-14-13-22-20(24)15-23(28(2,25)26)18-9-7-17(21)8-10-18/h5-12H,3-4,13-15H2,1-2H3,(H,22,24). The largest absolute Gasteiger partial charge is 0.492 e. The summed E-state index contributed by atoms with van der Waals surface area (Å²) in [4.78, 5) is 12.2. The number of hydrogen-bond donors (Lipinski definition) is 1. The molecule has 0 atom stereocenters. The van der Waals surface area contributed by atoms with Crippen LogP contribution in [0.1, 0.15) is 18.9 Å². The maximum Gasteiger partial charge on any atom is 0.240 e. The lowest BCUT2D eigenvalue weighted by atomic mass is 10.1. The normalized spacial score (nSPS) is 11.1. The summed E-state index contributed by atoms with van der Waals surface area (Å²) < 4.78 is 31.6. The van der Waals surface area contributed by atoms with Crippen LogP contribution in [0.4, 0.5) is 5.69 Å². The van der Waals surface area contributed by atoms with Crippen LogP contribution >= 0.6 is 15.9 Å². The minimum atomic E-state index is -3.58. The molecule has 1 amide bonds. The van der Waals surface area contributed by atoms with E-state index < -0.39 is 15.9 Å². The van der Waals surface area contributed by atoms with Crippen LogP contribution < -0.4 is 14.4 Å². The number of nitrogens with one attached hydrogen (secondary N) is 1. The number of sulfonamides is 1. The summed E-state index contributed by atoms with van der Waals surface area (Å²) in [6, 6.07) is 14.6. The van der Waals surface area contributed by atoms with Crippen molar-refractivity contribution < 1.29 is 17.9 Å². The Morgan fingerprint density at radius 3 is 2.32 bits per heavy atom. The van der Waals surface area contributed by atoms with E-state index in [-0.39, 0.29) is 13.1 Å². The highest BCUT2D eigenvalue weighted by molar-refractivity contribution is 9.10. The van der Waals surface area contributed by atoms with Crippen molar-refractivity contribution in [3.05, 3.63) is 58.6 Å². The average Bonchev–Trinajstić information content (AvgIpc) is 2.65. The molecule has 0 heterocycles. The van der Waals surface area contributed by atoms with Crippen molar-refractivity contribution in [3.8, 4) is 5.75 Å². The minimum Gasteiger partial charge on any atom is -0.492 e. The van der Waals surface area contributed by atoms with Gasteiger partial charge in [0, 0.05) is 4.47 Å². The maximum absolute atomic E-state index is 12.2. The fourth-order valence-electron chi connectivity index (χ4n) is 2.59. The Morgan fingerprint density at radius 2 is 1.75 bits per heavy atom. The maximum atomic E-state index is 12.2. The van der Waals surface area contributed by atoms with Crippen molar-refractivity contribution >= 4 is 37.5 Å². The predicted molar refractivity (Wildman–Crippen MR) is 115 cm³/mol. The summed E-state index contributed by atoms with van der Waals surface area (Å²) in [5.41, 5.74) is 1.70. The van der Waals surface area contributed by atoms with Crippen molar-refractivity contribution in [3.63, 3.8) is 0 Å². The van der Waals surface area contributed by atoms with Gasteiger partial charge < -0.3 is 10.1 Å². The second-order valence-corrected chi connectivity index (χ2v) is 9.16. The van der Waals surface area contributed by atoms with Crippen molar-refractivity contribution in [2.75, 3.05) is 30.3 Å². The highest BCUT2D eigenvalue weighted by Gasteiger charge is 2.20. The molecule has 0 unspecified atom stereocenters. The second-order valence-electron chi connectivity index (χ2n) is 6.34. The molecular weight excluding hydrogens is 444 g/mol. The Balaban J connectivity index is 1.83. The van der Waals surface area contributed by atoms with Gasteiger partial charge in [0.05, 0.1) is 18.5 Å². The van der Waals surface area contributed by atoms with Gasteiger partial charge in [0.15, 0.2) is 0 Å². The molecule has 0 aliphatic carbocycles. The van der Waals surface area contributed by atoms with E-state index in [0.717, 1.165) is 33.6 Å². The van der Waals surface area contributed by atoms with E-state index in [2.05, 4.69) is 28.2 Å². The zero-order chi connectivity index (χ0) is 20.6. The lowest BCUT2D eigenvalue weighted by Crippen LogP contribution is -2.41. The van der Waals surface area contributed by atoms with Gasteiger partial charge in [-0.2, -0.15) is 0 Å². The first-order chi connectivity index (χ1) is 13.3. The summed E-state index contributed by atoms with van der Waals surface area (Å²) in [5, 5.41) is 2.69. The molecule has 2 aromatic carbocycles. The van der Waals surface area contributed by atoms with Crippen LogP contribution in [-0.4, -0.2) is 40.3 Å². The smallest absolute Gasteiger partial charge is 0.240 e. The molecular formula is C20H25BrN2O4S. The average molecular weight is 469 g/mol. The second kappa shape index (κ2) is 10.5. The number of amides is 1. The summed E-state index contributed by atoms with van der Waals surface area (Å²) in [5.74, 6) is 0.344. The van der Waals surface area contributed by atoms with E-state index in [1.165, 1.54) is 5.56 Å². The van der Waals surface area contributed by atoms with Crippen molar-refractivity contribution in [1.82, 2.24) is 5.32 Å². The van der Waals surface area contributed by atoms with Gasteiger partial charge >= 0.3 is 0 Å². The Morgan fingerprint density at radius 1 is 1.11 bits per heavy atom. The zero-order valence-electron chi connectivity index (χ0n) is 16.0. The summed E-state index contributed by atoms with van der Waals surface area (Å²) in [7, 11) is -3.58. The third kappa shape index (κ3) is 7.16. The summed E-state index contributed by atoms with van der Waals surface area (Å²) in [6.45, 7) is 2.43. The number of carbonyl (C=O) groups excluding carboxylic acids is 1. The molecule has 0 bridgehead atoms. The summed E-state index contributed by atoms with van der Waals surface area (Å²) >= 11 is 3.31. The summed E-state index contributed by atoms with van der Waals surface area (Å²) in [6.07, 6.45) is 3.20. The molecule has 0 fully saturated rings. The van der Waals surface area contributed by atoms with Gasteiger partial charge in [-0.15, -0.1) is 0 Å². The highest BCUT2D eigenvalue weighted by atomic mass is 79.9. The van der Waals surface area contributed by atoms with E-state index in [0.29, 0.717) is 12.3 Å². The third-order valence-corrected chi connectivity index (χ3v) is 5.63. The fraction of sp³-hybridized carbons (Fsp3) is 0.350. The lowest BCUT2D eigenvalue weighted by Gasteiger charge is -2.22. The molecule has 0 saturated heterocycles. The monoisotopic (exact) mass is 468 g/mol. The SMILES string of the molecule is CCCc1ccc(OCCNC(=O)CN(c2ccc(Br)cc2)S(C)(=O)=O)cc1. The number of carbonyl (C=O) groups is 1. The van der Waals surface area contributed by atoms with Gasteiger partial charge in [-0.1, -0.05) is 41.4 Å². The molecule has 2 aromatic rings. The number of rotatable bonds is 10. The van der Waals surface area contributed by atoms with Crippen LogP contribution in [0, 0.1) is 0 Å². The molecule has 6 nitrogen and oxygen atoms in total. The van der Waals surface area contributed by atoms with E-state index in [1.54, 1.807) is 24.3 Å². The third-order valence-electron chi connectivity index (χ3n) is 3.96. The first-order valence-corrected chi connectivity index (χ1v) is 11.7. The van der Waals surface area contributed by atoms with Gasteiger partial charge in [-0.3, -0.25) is 9.10 Å². The number of nitrogens with zero attached hydrogens (tertiary/aromatic N) is 1. The molecule has 1 N–H and O–H groups in total. The number of anilines is 1. The van der Waals surface area contributed by atoms with Crippen LogP contribution in [-0.2, 0) is 21.2 Å². The molecule has 28 heavy (non-hydrogen) atoms. The van der Waals surface area contributed by atoms with Crippen LogP contribution in [0.15, 0.2) is 53.0 Å². The van der Waals surface area contributed by atoms with Crippen LogP contribution in [0.2, 0.25) is 0 Å². The number of hydrogen-bond acceptors (Lipinski definition) is 4. The zero-order valence-corrected chi connectivity index (χ0v) is 18.4. The van der Waals surface area contributed by atoms with E-state index in [9.17, 15) is 13.2 Å². The molecule has 8 heteroatoms. The Kier molecular flexibility index (Phi) is 8.32. The lowest BCUT2D eigenvalue weighted by molar-refractivity contribution is -0.119. The van der Waals surface area contributed by atoms with Gasteiger partial charge in [0.1, 0.15) is 18.9 Å². The predicted octanol–water partition coefficient (Wildman–Crippen LogP) is 3.36. The van der Waals surface area contributed by atoms with Crippen molar-refractivity contribution in [2.45, 2.75) is 19.8 Å². The molecule has 0 spiro atoms. The van der Waals surface area contributed by atoms with E-state index >= 15 is 0 Å². The molecule has 152 valence electrons. The van der Waals surface area contributed by atoms with Crippen molar-refractivity contribution in [2.24, 2.45) is 0 Å². The number of halogens is 1. The van der Waals surface area contributed by atoms with E-state index in [1.807, 2.05) is 24.3 Å². The van der Waals surface area contributed by atoms with Crippen LogP contribution in [0.3, 0.4) is 0 Å². The topological polar surface area (TPSA) is 75.7 Å². The molecule has 0 aliphatic heterocycles. The van der Waals surface area contributed by atoms with E-state index in [4.69, 9.17) is 4.74 Å². The van der Waals surface area contributed by atoms with Crippen LogP contribution in [0.25, 0.3) is 0 Å². The molecule has 0 radical (unpaired) electrons. The minimum absolute atomic E-state index is 0.285. The first kappa shape index (κ1) is 22.2. The Labute approximate surface area is 175 Å². The first-order valence-electron chi connectivity index (χ1n) is 9.01. The number of aryl methyl sites for hydroxylation is 1. The van der Waals surface area contributed by atoms with Gasteiger partial charge in [-0.25, -0.2) is 8.42 Å². The quantitative estimate of drug-likeness (QED) is 0.542. The van der Waals surface area contributed by atoms with Gasteiger partial charge in [0.25, 0.3) is 0 Å². The molecule has 0 saturated carbocycles. The number of ether oxygens (including phenoxy) is 1. The van der Waals surface area contributed by atoms with Crippen LogP contribution in [0.5, 0.6) is 5.75 Å². The molecule has 2 rings (SSSR count).